The van der Waals surface area contributed by atoms with E-state index in [2.05, 4.69) is 64.0 Å². The predicted octanol–water partition coefficient (Wildman–Crippen LogP) is 2.41. The normalized spacial score (nSPS) is 15.2. The summed E-state index contributed by atoms with van der Waals surface area (Å²) < 4.78 is 3.80. The second-order valence-corrected chi connectivity index (χ2v) is 9.22. The van der Waals surface area contributed by atoms with E-state index in [0.29, 0.717) is 6.04 Å². The minimum Gasteiger partial charge on any atom is -0.353 e. The van der Waals surface area contributed by atoms with E-state index in [-0.39, 0.29) is 5.41 Å². The average Bonchev–Trinajstić information content (AvgIpc) is 3.21. The quantitative estimate of drug-likeness (QED) is 0.518. The summed E-state index contributed by atoms with van der Waals surface area (Å²) in [6.07, 6.45) is 0. The van der Waals surface area contributed by atoms with Gasteiger partial charge in [-0.2, -0.15) is 14.1 Å². The number of likely N-dealkylation sites (N-methyl/N-ethyl adjacent to an activating group) is 1. The number of aromatic nitrogens is 7. The Bertz CT molecular complexity index is 1240. The third-order valence-electron chi connectivity index (χ3n) is 5.67. The van der Waals surface area contributed by atoms with E-state index in [1.165, 1.54) is 0 Å². The Labute approximate surface area is 175 Å². The van der Waals surface area contributed by atoms with E-state index in [4.69, 9.17) is 5.10 Å². The fourth-order valence-corrected chi connectivity index (χ4v) is 3.94. The lowest BCUT2D eigenvalue weighted by Crippen LogP contribution is -2.59. The molecule has 156 valence electrons. The van der Waals surface area contributed by atoms with Crippen molar-refractivity contribution < 1.29 is 0 Å². The number of nitrogens with zero attached hydrogens (tertiary/aromatic N) is 9. The van der Waals surface area contributed by atoms with Crippen LogP contribution in [0.15, 0.2) is 24.3 Å². The monoisotopic (exact) mass is 405 g/mol. The van der Waals surface area contributed by atoms with Crippen LogP contribution in [0.2, 0.25) is 0 Å². The molecule has 0 unspecified atom stereocenters. The topological polar surface area (TPSA) is 79.8 Å². The van der Waals surface area contributed by atoms with Gasteiger partial charge in [0.05, 0.1) is 11.7 Å². The van der Waals surface area contributed by atoms with Gasteiger partial charge < -0.3 is 9.80 Å². The molecule has 0 radical (unpaired) electrons. The van der Waals surface area contributed by atoms with Crippen LogP contribution in [0.4, 0.5) is 11.6 Å². The summed E-state index contributed by atoms with van der Waals surface area (Å²) in [5, 5.41) is 18.1. The Balaban J connectivity index is 1.39. The average molecular weight is 406 g/mol. The molecule has 0 spiro atoms. The fourth-order valence-electron chi connectivity index (χ4n) is 3.94. The fraction of sp³-hybridized carbons (Fsp3) is 0.476. The second-order valence-electron chi connectivity index (χ2n) is 9.22. The smallest absolute Gasteiger partial charge is 0.178 e. The Morgan fingerprint density at radius 2 is 1.70 bits per heavy atom. The number of rotatable bonds is 3. The van der Waals surface area contributed by atoms with Crippen molar-refractivity contribution in [1.29, 1.82) is 0 Å². The lowest BCUT2D eigenvalue weighted by atomic mass is 9.96. The minimum absolute atomic E-state index is 0.116. The minimum atomic E-state index is -0.116. The molecule has 1 aliphatic rings. The van der Waals surface area contributed by atoms with E-state index >= 15 is 0 Å². The molecule has 9 heteroatoms. The van der Waals surface area contributed by atoms with Gasteiger partial charge >= 0.3 is 0 Å². The number of hydrogen-bond donors (Lipinski definition) is 0. The Morgan fingerprint density at radius 3 is 2.43 bits per heavy atom. The summed E-state index contributed by atoms with van der Waals surface area (Å²) in [6, 6.07) is 8.50. The molecule has 9 nitrogen and oxygen atoms in total. The summed E-state index contributed by atoms with van der Waals surface area (Å²) in [5.41, 5.74) is 3.52. The van der Waals surface area contributed by atoms with Crippen LogP contribution in [0.1, 0.15) is 38.0 Å². The summed E-state index contributed by atoms with van der Waals surface area (Å²) >= 11 is 0. The first-order chi connectivity index (χ1) is 14.2. The van der Waals surface area contributed by atoms with E-state index < -0.39 is 0 Å². The van der Waals surface area contributed by atoms with Crippen LogP contribution in [-0.4, -0.2) is 60.6 Å². The first-order valence-corrected chi connectivity index (χ1v) is 10.3. The molecule has 0 N–H and O–H groups in total. The Morgan fingerprint density at radius 1 is 0.933 bits per heavy atom. The molecular weight excluding hydrogens is 378 g/mol. The lowest BCUT2D eigenvalue weighted by Gasteiger charge is -2.45. The zero-order valence-electron chi connectivity index (χ0n) is 18.3. The van der Waals surface area contributed by atoms with Crippen LogP contribution in [0.3, 0.4) is 0 Å². The van der Waals surface area contributed by atoms with Crippen molar-refractivity contribution in [3.8, 4) is 0 Å². The number of anilines is 2. The molecule has 0 aromatic carbocycles. The van der Waals surface area contributed by atoms with Crippen LogP contribution < -0.4 is 9.80 Å². The highest BCUT2D eigenvalue weighted by Gasteiger charge is 2.33. The van der Waals surface area contributed by atoms with Gasteiger partial charge in [-0.25, -0.2) is 4.98 Å². The van der Waals surface area contributed by atoms with E-state index in [9.17, 15) is 0 Å². The number of aryl methyl sites for hydroxylation is 2. The van der Waals surface area contributed by atoms with E-state index in [1.807, 2.05) is 41.1 Å². The molecule has 5 rings (SSSR count). The van der Waals surface area contributed by atoms with Gasteiger partial charge in [-0.15, -0.1) is 15.3 Å². The lowest BCUT2D eigenvalue weighted by molar-refractivity contribution is 0.480. The van der Waals surface area contributed by atoms with Gasteiger partial charge in [0.1, 0.15) is 11.6 Å². The summed E-state index contributed by atoms with van der Waals surface area (Å²) in [5.74, 6) is 2.88. The zero-order valence-corrected chi connectivity index (χ0v) is 18.3. The maximum absolute atomic E-state index is 4.83. The van der Waals surface area contributed by atoms with Crippen LogP contribution in [0, 0.1) is 13.8 Å². The molecule has 0 amide bonds. The molecular formula is C21H27N9. The van der Waals surface area contributed by atoms with Gasteiger partial charge in [0, 0.05) is 43.4 Å². The first kappa shape index (κ1) is 18.8. The highest BCUT2D eigenvalue weighted by molar-refractivity contribution is 5.55. The van der Waals surface area contributed by atoms with Crippen LogP contribution in [0.25, 0.3) is 11.3 Å². The van der Waals surface area contributed by atoms with Crippen LogP contribution >= 0.6 is 0 Å². The molecule has 0 aliphatic carbocycles. The SMILES string of the molecule is Cc1cc(N(C)C2CN(c3ccc4nnc(C(C)(C)C)n4n3)C2)n2nc(C)cc2n1. The third kappa shape index (κ3) is 2.96. The van der Waals surface area contributed by atoms with Gasteiger partial charge in [-0.05, 0) is 26.0 Å². The van der Waals surface area contributed by atoms with E-state index in [1.54, 1.807) is 0 Å². The first-order valence-electron chi connectivity index (χ1n) is 10.3. The van der Waals surface area contributed by atoms with Crippen molar-refractivity contribution in [2.24, 2.45) is 0 Å². The molecule has 0 atom stereocenters. The van der Waals surface area contributed by atoms with Gasteiger partial charge in [-0.1, -0.05) is 20.8 Å². The molecule has 0 bridgehead atoms. The highest BCUT2D eigenvalue weighted by Crippen LogP contribution is 2.27. The molecule has 1 aliphatic heterocycles. The third-order valence-corrected chi connectivity index (χ3v) is 5.67. The molecule has 1 fully saturated rings. The van der Waals surface area contributed by atoms with Crippen molar-refractivity contribution >= 4 is 22.9 Å². The van der Waals surface area contributed by atoms with Gasteiger partial charge in [0.25, 0.3) is 0 Å². The van der Waals surface area contributed by atoms with Gasteiger partial charge in [0.15, 0.2) is 17.1 Å². The molecule has 4 aromatic rings. The van der Waals surface area contributed by atoms with Crippen molar-refractivity contribution in [2.45, 2.75) is 46.1 Å². The second kappa shape index (κ2) is 6.38. The molecule has 0 saturated carbocycles. The van der Waals surface area contributed by atoms with Crippen molar-refractivity contribution in [2.75, 3.05) is 29.9 Å². The summed E-state index contributed by atoms with van der Waals surface area (Å²) in [6.45, 7) is 12.2. The van der Waals surface area contributed by atoms with Gasteiger partial charge in [0.2, 0.25) is 0 Å². The molecule has 1 saturated heterocycles. The highest BCUT2D eigenvalue weighted by atomic mass is 15.4. The molecule has 30 heavy (non-hydrogen) atoms. The number of hydrogen-bond acceptors (Lipinski definition) is 7. The summed E-state index contributed by atoms with van der Waals surface area (Å²) in [4.78, 5) is 9.17. The standard InChI is InChI=1S/C21H27N9/c1-13-10-19(29-18(22-13)9-14(2)25-29)27(6)15-11-28(12-15)17-8-7-16-23-24-20(21(3,4)5)30(16)26-17/h7-10,15H,11-12H2,1-6H3. The maximum atomic E-state index is 4.83. The van der Waals surface area contributed by atoms with Gasteiger partial charge in [-0.3, -0.25) is 0 Å². The zero-order chi connectivity index (χ0) is 21.2. The van der Waals surface area contributed by atoms with Crippen molar-refractivity contribution in [3.05, 3.63) is 41.5 Å². The summed E-state index contributed by atoms with van der Waals surface area (Å²) in [7, 11) is 2.13. The largest absolute Gasteiger partial charge is 0.353 e. The predicted molar refractivity (Wildman–Crippen MR) is 116 cm³/mol. The van der Waals surface area contributed by atoms with Crippen molar-refractivity contribution in [3.63, 3.8) is 0 Å². The van der Waals surface area contributed by atoms with Crippen molar-refractivity contribution in [1.82, 2.24) is 34.4 Å². The Hall–Kier alpha value is -3.23. The van der Waals surface area contributed by atoms with Crippen LogP contribution in [-0.2, 0) is 5.41 Å². The maximum Gasteiger partial charge on any atom is 0.178 e. The van der Waals surface area contributed by atoms with E-state index in [0.717, 1.165) is 53.2 Å². The Kier molecular flexibility index (Phi) is 4.00. The molecule has 5 heterocycles. The molecule has 4 aromatic heterocycles. The van der Waals surface area contributed by atoms with Crippen LogP contribution in [0.5, 0.6) is 0 Å². The number of fused-ring (bicyclic) bond motifs is 2.